The maximum absolute atomic E-state index is 13.1. The highest BCUT2D eigenvalue weighted by Crippen LogP contribution is 2.26. The number of aryl methyl sites for hydroxylation is 2. The number of sulfonamides is 1. The van der Waals surface area contributed by atoms with Crippen LogP contribution in [0.1, 0.15) is 46.6 Å². The molecule has 2 aromatic rings. The summed E-state index contributed by atoms with van der Waals surface area (Å²) in [5.74, 6) is -0.206. The molecule has 0 saturated carbocycles. The van der Waals surface area contributed by atoms with Crippen molar-refractivity contribution in [3.63, 3.8) is 0 Å². The van der Waals surface area contributed by atoms with Crippen molar-refractivity contribution in [3.05, 3.63) is 46.8 Å². The average molecular weight is 419 g/mol. The van der Waals surface area contributed by atoms with Gasteiger partial charge in [0.05, 0.1) is 5.56 Å². The molecule has 2 N–H and O–H groups in total. The summed E-state index contributed by atoms with van der Waals surface area (Å²) < 4.78 is 28.9. The molecule has 0 bridgehead atoms. The largest absolute Gasteiger partial charge is 0.378 e. The number of aromatic nitrogens is 1. The average Bonchev–Trinajstić information content (AvgIpc) is 3.01. The topological polar surface area (TPSA) is 85.5 Å². The number of benzene rings is 1. The Balaban J connectivity index is 1.83. The summed E-state index contributed by atoms with van der Waals surface area (Å²) in [5, 5.41) is 0. The first-order valence-corrected chi connectivity index (χ1v) is 11.4. The number of rotatable bonds is 6. The van der Waals surface area contributed by atoms with Crippen molar-refractivity contribution in [2.75, 3.05) is 32.1 Å². The Hall–Kier alpha value is -2.32. The first-order valence-electron chi connectivity index (χ1n) is 9.95. The molecule has 1 fully saturated rings. The van der Waals surface area contributed by atoms with Gasteiger partial charge in [0.1, 0.15) is 4.90 Å². The van der Waals surface area contributed by atoms with Gasteiger partial charge in [0.25, 0.3) is 5.91 Å². The van der Waals surface area contributed by atoms with E-state index in [1.165, 1.54) is 0 Å². The normalized spacial score (nSPS) is 14.8. The lowest BCUT2D eigenvalue weighted by Gasteiger charge is -2.27. The van der Waals surface area contributed by atoms with Crippen LogP contribution in [0.2, 0.25) is 0 Å². The summed E-state index contributed by atoms with van der Waals surface area (Å²) in [6.45, 7) is 4.96. The van der Waals surface area contributed by atoms with Gasteiger partial charge >= 0.3 is 0 Å². The number of aromatic amines is 1. The molecule has 1 aliphatic heterocycles. The Kier molecular flexibility index (Phi) is 6.33. The van der Waals surface area contributed by atoms with Crippen LogP contribution in [0.25, 0.3) is 0 Å². The first kappa shape index (κ1) is 21.4. The molecule has 7 nitrogen and oxygen atoms in total. The van der Waals surface area contributed by atoms with Crippen molar-refractivity contribution in [1.29, 1.82) is 0 Å². The highest BCUT2D eigenvalue weighted by atomic mass is 32.2. The van der Waals surface area contributed by atoms with Crippen LogP contribution in [0.5, 0.6) is 0 Å². The van der Waals surface area contributed by atoms with E-state index in [1.54, 1.807) is 18.7 Å². The van der Waals surface area contributed by atoms with E-state index in [4.69, 9.17) is 0 Å². The third kappa shape index (κ3) is 4.64. The Morgan fingerprint density at radius 1 is 1.07 bits per heavy atom. The molecule has 1 amide bonds. The molecule has 0 atom stereocenters. The summed E-state index contributed by atoms with van der Waals surface area (Å²) in [6, 6.07) is 7.68. The van der Waals surface area contributed by atoms with Crippen LogP contribution < -0.4 is 9.62 Å². The van der Waals surface area contributed by atoms with E-state index in [1.807, 2.05) is 43.3 Å². The second kappa shape index (κ2) is 8.59. The number of hydrogen-bond acceptors (Lipinski definition) is 4. The molecule has 1 saturated heterocycles. The fraction of sp³-hybridized carbons (Fsp3) is 0.476. The van der Waals surface area contributed by atoms with Gasteiger partial charge in [0.2, 0.25) is 10.0 Å². The smallest absolute Gasteiger partial charge is 0.257 e. The Morgan fingerprint density at radius 3 is 2.28 bits per heavy atom. The summed E-state index contributed by atoms with van der Waals surface area (Å²) in [7, 11) is 0.0597. The predicted octanol–water partition coefficient (Wildman–Crippen LogP) is 2.80. The third-order valence-corrected chi connectivity index (χ3v) is 6.93. The van der Waals surface area contributed by atoms with Gasteiger partial charge in [-0.05, 0) is 50.8 Å². The second-order valence-corrected chi connectivity index (χ2v) is 9.52. The van der Waals surface area contributed by atoms with Crippen LogP contribution in [-0.4, -0.2) is 51.4 Å². The Morgan fingerprint density at radius 2 is 1.69 bits per heavy atom. The summed E-state index contributed by atoms with van der Waals surface area (Å²) in [4.78, 5) is 19.9. The van der Waals surface area contributed by atoms with Gasteiger partial charge in [-0.25, -0.2) is 13.1 Å². The van der Waals surface area contributed by atoms with E-state index in [-0.39, 0.29) is 22.9 Å². The second-order valence-electron chi connectivity index (χ2n) is 7.82. The molecule has 0 radical (unpaired) electrons. The van der Waals surface area contributed by atoms with Gasteiger partial charge < -0.3 is 14.8 Å². The van der Waals surface area contributed by atoms with Crippen LogP contribution in [0, 0.1) is 13.8 Å². The number of carbonyl (C=O) groups is 1. The van der Waals surface area contributed by atoms with E-state index in [0.717, 1.165) is 30.5 Å². The minimum Gasteiger partial charge on any atom is -0.378 e. The van der Waals surface area contributed by atoms with Crippen LogP contribution in [0.3, 0.4) is 0 Å². The number of anilines is 1. The van der Waals surface area contributed by atoms with Crippen molar-refractivity contribution >= 4 is 21.6 Å². The van der Waals surface area contributed by atoms with Crippen LogP contribution in [0.4, 0.5) is 5.69 Å². The molecule has 0 unspecified atom stereocenters. The molecule has 1 aromatic heterocycles. The van der Waals surface area contributed by atoms with E-state index in [9.17, 15) is 13.2 Å². The maximum Gasteiger partial charge on any atom is 0.257 e. The number of nitrogens with zero attached hydrogens (tertiary/aromatic N) is 2. The lowest BCUT2D eigenvalue weighted by atomic mass is 10.1. The molecule has 0 aliphatic carbocycles. The fourth-order valence-corrected chi connectivity index (χ4v) is 5.23. The van der Waals surface area contributed by atoms with E-state index in [2.05, 4.69) is 9.71 Å². The van der Waals surface area contributed by atoms with Crippen molar-refractivity contribution < 1.29 is 13.2 Å². The molecule has 29 heavy (non-hydrogen) atoms. The molecule has 1 aromatic carbocycles. The number of carbonyl (C=O) groups excluding carboxylic acids is 1. The van der Waals surface area contributed by atoms with Gasteiger partial charge in [-0.1, -0.05) is 12.1 Å². The van der Waals surface area contributed by atoms with Crippen LogP contribution in [-0.2, 0) is 16.6 Å². The van der Waals surface area contributed by atoms with E-state index >= 15 is 0 Å². The lowest BCUT2D eigenvalue weighted by molar-refractivity contribution is 0.0720. The molecular formula is C21H30N4O3S. The third-order valence-electron chi connectivity index (χ3n) is 5.36. The Bertz CT molecular complexity index is 972. The minimum atomic E-state index is -3.85. The monoisotopic (exact) mass is 418 g/mol. The zero-order valence-electron chi connectivity index (χ0n) is 17.6. The predicted molar refractivity (Wildman–Crippen MR) is 115 cm³/mol. The standard InChI is InChI=1S/C21H30N4O3S/c1-15-19(21(26)25-12-6-5-7-13-25)20(16(2)23-15)29(27,28)22-14-17-8-10-18(11-9-17)24(3)4/h8-11,22-23H,5-7,12-14H2,1-4H3. The molecule has 158 valence electrons. The number of H-pyrrole nitrogens is 1. The minimum absolute atomic E-state index is 0.0653. The highest BCUT2D eigenvalue weighted by Gasteiger charge is 2.31. The lowest BCUT2D eigenvalue weighted by Crippen LogP contribution is -2.37. The molecular weight excluding hydrogens is 388 g/mol. The van der Waals surface area contributed by atoms with Gasteiger partial charge in [-0.15, -0.1) is 0 Å². The summed E-state index contributed by atoms with van der Waals surface area (Å²) >= 11 is 0. The molecule has 8 heteroatoms. The zero-order chi connectivity index (χ0) is 21.2. The summed E-state index contributed by atoms with van der Waals surface area (Å²) in [5.41, 5.74) is 3.24. The summed E-state index contributed by atoms with van der Waals surface area (Å²) in [6.07, 6.45) is 3.02. The zero-order valence-corrected chi connectivity index (χ0v) is 18.4. The molecule has 2 heterocycles. The van der Waals surface area contributed by atoms with Gasteiger partial charge in [-0.3, -0.25) is 4.79 Å². The highest BCUT2D eigenvalue weighted by molar-refractivity contribution is 7.89. The van der Waals surface area contributed by atoms with Gasteiger partial charge in [0, 0.05) is 50.8 Å². The maximum atomic E-state index is 13.1. The molecule has 1 aliphatic rings. The Labute approximate surface area is 173 Å². The molecule has 0 spiro atoms. The fourth-order valence-electron chi connectivity index (χ4n) is 3.77. The van der Waals surface area contributed by atoms with Crippen LogP contribution in [0.15, 0.2) is 29.2 Å². The van der Waals surface area contributed by atoms with Gasteiger partial charge in [-0.2, -0.15) is 0 Å². The van der Waals surface area contributed by atoms with Crippen molar-refractivity contribution in [3.8, 4) is 0 Å². The SMILES string of the molecule is Cc1[nH]c(C)c(S(=O)(=O)NCc2ccc(N(C)C)cc2)c1C(=O)N1CCCCC1. The number of likely N-dealkylation sites (tertiary alicyclic amines) is 1. The number of nitrogens with one attached hydrogen (secondary N) is 2. The van der Waals surface area contributed by atoms with E-state index in [0.29, 0.717) is 24.5 Å². The van der Waals surface area contributed by atoms with Crippen molar-refractivity contribution in [2.45, 2.75) is 44.6 Å². The van der Waals surface area contributed by atoms with E-state index < -0.39 is 10.0 Å². The first-order chi connectivity index (χ1) is 13.7. The number of amides is 1. The quantitative estimate of drug-likeness (QED) is 0.755. The number of hydrogen-bond donors (Lipinski definition) is 2. The number of piperidine rings is 1. The van der Waals surface area contributed by atoms with Gasteiger partial charge in [0.15, 0.2) is 0 Å². The van der Waals surface area contributed by atoms with Crippen molar-refractivity contribution in [1.82, 2.24) is 14.6 Å². The molecule has 3 rings (SSSR count). The van der Waals surface area contributed by atoms with Crippen molar-refractivity contribution in [2.24, 2.45) is 0 Å². The van der Waals surface area contributed by atoms with Crippen LogP contribution >= 0.6 is 0 Å².